The molecule has 0 atom stereocenters. The highest BCUT2D eigenvalue weighted by Crippen LogP contribution is 2.41. The van der Waals surface area contributed by atoms with Gasteiger partial charge in [0, 0.05) is 30.6 Å². The van der Waals surface area contributed by atoms with E-state index in [1.807, 2.05) is 44.0 Å². The monoisotopic (exact) mass is 469 g/mol. The van der Waals surface area contributed by atoms with Crippen molar-refractivity contribution in [3.05, 3.63) is 34.3 Å². The summed E-state index contributed by atoms with van der Waals surface area (Å²) in [5, 5.41) is 3.84. The van der Waals surface area contributed by atoms with Gasteiger partial charge in [0.2, 0.25) is 0 Å². The van der Waals surface area contributed by atoms with E-state index in [0.717, 1.165) is 42.4 Å². The van der Waals surface area contributed by atoms with Crippen molar-refractivity contribution in [3.63, 3.8) is 0 Å². The molecule has 0 radical (unpaired) electrons. The number of carbonyl (C=O) groups excluding carboxylic acids is 2. The number of aromatic nitrogens is 1. The summed E-state index contributed by atoms with van der Waals surface area (Å²) in [5.41, 5.74) is 2.07. The second-order valence-electron chi connectivity index (χ2n) is 9.92. The van der Waals surface area contributed by atoms with E-state index < -0.39 is 0 Å². The van der Waals surface area contributed by atoms with Crippen LogP contribution in [0, 0.1) is 0 Å². The lowest BCUT2D eigenvalue weighted by molar-refractivity contribution is 0.0659. The van der Waals surface area contributed by atoms with Crippen LogP contribution < -0.4 is 15.0 Å². The molecule has 1 aromatic heterocycles. The zero-order valence-electron chi connectivity index (χ0n) is 19.7. The van der Waals surface area contributed by atoms with Crippen LogP contribution in [0.25, 0.3) is 0 Å². The summed E-state index contributed by atoms with van der Waals surface area (Å²) in [6.07, 6.45) is 2.69. The Kier molecular flexibility index (Phi) is 5.56. The molecule has 0 spiro atoms. The average Bonchev–Trinajstić information content (AvgIpc) is 3.21. The lowest BCUT2D eigenvalue weighted by Crippen LogP contribution is -2.48. The Morgan fingerprint density at radius 1 is 1.27 bits per heavy atom. The summed E-state index contributed by atoms with van der Waals surface area (Å²) in [5.74, 6) is 0.648. The number of piperidine rings is 1. The van der Waals surface area contributed by atoms with Gasteiger partial charge in [0.15, 0.2) is 5.13 Å². The summed E-state index contributed by atoms with van der Waals surface area (Å²) in [6.45, 7) is 7.19. The minimum atomic E-state index is -0.298. The SMILES string of the molecule is CN1CCC(N(C)C(=O)c2ccc3c(c2)OCCN3c2nc3c(s2)C(=O)NC(C)(C)C3)CC1. The molecule has 0 unspecified atom stereocenters. The number of rotatable bonds is 3. The summed E-state index contributed by atoms with van der Waals surface area (Å²) in [6, 6.07) is 5.92. The van der Waals surface area contributed by atoms with Gasteiger partial charge < -0.3 is 24.8 Å². The summed E-state index contributed by atoms with van der Waals surface area (Å²) in [7, 11) is 4.02. The van der Waals surface area contributed by atoms with E-state index in [2.05, 4.69) is 22.2 Å². The van der Waals surface area contributed by atoms with Gasteiger partial charge in [-0.1, -0.05) is 11.3 Å². The third kappa shape index (κ3) is 4.19. The van der Waals surface area contributed by atoms with Crippen molar-refractivity contribution in [2.24, 2.45) is 0 Å². The molecule has 33 heavy (non-hydrogen) atoms. The van der Waals surface area contributed by atoms with E-state index in [-0.39, 0.29) is 23.4 Å². The third-order valence-electron chi connectivity index (χ3n) is 6.81. The van der Waals surface area contributed by atoms with Crippen molar-refractivity contribution in [3.8, 4) is 5.75 Å². The van der Waals surface area contributed by atoms with Crippen LogP contribution in [0.4, 0.5) is 10.8 Å². The predicted molar refractivity (Wildman–Crippen MR) is 129 cm³/mol. The van der Waals surface area contributed by atoms with Crippen LogP contribution in [0.15, 0.2) is 18.2 Å². The molecule has 0 saturated carbocycles. The van der Waals surface area contributed by atoms with Crippen LogP contribution in [0.1, 0.15) is 52.4 Å². The quantitative estimate of drug-likeness (QED) is 0.745. The fraction of sp³-hybridized carbons (Fsp3) is 0.542. The zero-order chi connectivity index (χ0) is 23.3. The fourth-order valence-corrected chi connectivity index (χ4v) is 5.90. The van der Waals surface area contributed by atoms with Crippen molar-refractivity contribution < 1.29 is 14.3 Å². The molecule has 176 valence electrons. The first-order valence-electron chi connectivity index (χ1n) is 11.5. The minimum Gasteiger partial charge on any atom is -0.490 e. The second-order valence-corrected chi connectivity index (χ2v) is 10.9. The van der Waals surface area contributed by atoms with Gasteiger partial charge in [-0.15, -0.1) is 0 Å². The molecule has 1 fully saturated rings. The number of carbonyl (C=O) groups is 2. The predicted octanol–water partition coefficient (Wildman–Crippen LogP) is 2.90. The summed E-state index contributed by atoms with van der Waals surface area (Å²) in [4.78, 5) is 37.5. The normalized spacial score (nSPS) is 20.5. The molecule has 8 nitrogen and oxygen atoms in total. The van der Waals surface area contributed by atoms with Crippen LogP contribution >= 0.6 is 11.3 Å². The number of fused-ring (bicyclic) bond motifs is 2. The Morgan fingerprint density at radius 2 is 2.03 bits per heavy atom. The number of benzene rings is 1. The minimum absolute atomic E-state index is 0.0247. The lowest BCUT2D eigenvalue weighted by Gasteiger charge is -2.35. The molecule has 4 heterocycles. The van der Waals surface area contributed by atoms with E-state index in [9.17, 15) is 9.59 Å². The Balaban J connectivity index is 1.38. The van der Waals surface area contributed by atoms with Crippen LogP contribution in [0.2, 0.25) is 0 Å². The van der Waals surface area contributed by atoms with Crippen molar-refractivity contribution >= 4 is 34.0 Å². The van der Waals surface area contributed by atoms with Gasteiger partial charge in [0.1, 0.15) is 17.2 Å². The van der Waals surface area contributed by atoms with Crippen LogP contribution in [-0.2, 0) is 6.42 Å². The number of nitrogens with zero attached hydrogens (tertiary/aromatic N) is 4. The van der Waals surface area contributed by atoms with Gasteiger partial charge in [0.05, 0.1) is 17.9 Å². The molecule has 5 rings (SSSR count). The molecular formula is C24H31N5O3S. The standard InChI is InChI=1S/C24H31N5O3S/c1-24(2)14-17-20(21(30)26-24)33-23(25-17)29-11-12-32-19-13-15(5-6-18(19)29)22(31)28(4)16-7-9-27(3)10-8-16/h5-6,13,16H,7-12,14H2,1-4H3,(H,26,30). The van der Waals surface area contributed by atoms with E-state index in [1.54, 1.807) is 0 Å². The van der Waals surface area contributed by atoms with Crippen molar-refractivity contribution in [1.82, 2.24) is 20.1 Å². The second kappa shape index (κ2) is 8.29. The number of anilines is 2. The molecule has 0 aliphatic carbocycles. The molecule has 1 saturated heterocycles. The molecule has 9 heteroatoms. The van der Waals surface area contributed by atoms with E-state index >= 15 is 0 Å². The number of thiazole rings is 1. The highest BCUT2D eigenvalue weighted by atomic mass is 32.1. The Morgan fingerprint density at radius 3 is 2.79 bits per heavy atom. The first kappa shape index (κ1) is 22.2. The fourth-order valence-electron chi connectivity index (χ4n) is 4.88. The van der Waals surface area contributed by atoms with Crippen LogP contribution in [0.3, 0.4) is 0 Å². The van der Waals surface area contributed by atoms with Crippen LogP contribution in [-0.4, -0.2) is 78.5 Å². The Bertz CT molecular complexity index is 1090. The topological polar surface area (TPSA) is 78.0 Å². The molecule has 0 bridgehead atoms. The largest absolute Gasteiger partial charge is 0.490 e. The third-order valence-corrected chi connectivity index (χ3v) is 7.93. The number of nitrogens with one attached hydrogen (secondary N) is 1. The first-order valence-corrected chi connectivity index (χ1v) is 12.4. The maximum absolute atomic E-state index is 13.2. The maximum atomic E-state index is 13.2. The number of amides is 2. The highest BCUT2D eigenvalue weighted by molar-refractivity contribution is 7.17. The Hall–Kier alpha value is -2.65. The van der Waals surface area contributed by atoms with Crippen LogP contribution in [0.5, 0.6) is 5.75 Å². The van der Waals surface area contributed by atoms with Crippen molar-refractivity contribution in [2.75, 3.05) is 45.2 Å². The smallest absolute Gasteiger partial charge is 0.263 e. The van der Waals surface area contributed by atoms with Gasteiger partial charge in [-0.05, 0) is 65.0 Å². The summed E-state index contributed by atoms with van der Waals surface area (Å²) >= 11 is 1.42. The van der Waals surface area contributed by atoms with E-state index in [1.165, 1.54) is 11.3 Å². The van der Waals surface area contributed by atoms with Gasteiger partial charge >= 0.3 is 0 Å². The lowest BCUT2D eigenvalue weighted by atomic mass is 9.94. The highest BCUT2D eigenvalue weighted by Gasteiger charge is 2.35. The van der Waals surface area contributed by atoms with Gasteiger partial charge in [-0.25, -0.2) is 4.98 Å². The first-order chi connectivity index (χ1) is 15.7. The molecule has 1 aromatic carbocycles. The summed E-state index contributed by atoms with van der Waals surface area (Å²) < 4.78 is 5.94. The number of hydrogen-bond acceptors (Lipinski definition) is 7. The van der Waals surface area contributed by atoms with E-state index in [0.29, 0.717) is 35.8 Å². The van der Waals surface area contributed by atoms with E-state index in [4.69, 9.17) is 9.72 Å². The average molecular weight is 470 g/mol. The molecular weight excluding hydrogens is 438 g/mol. The van der Waals surface area contributed by atoms with Gasteiger partial charge in [0.25, 0.3) is 11.8 Å². The number of ether oxygens (including phenoxy) is 1. The maximum Gasteiger partial charge on any atom is 0.263 e. The number of hydrogen-bond donors (Lipinski definition) is 1. The zero-order valence-corrected chi connectivity index (χ0v) is 20.5. The molecule has 3 aliphatic heterocycles. The molecule has 3 aliphatic rings. The molecule has 1 N–H and O–H groups in total. The number of likely N-dealkylation sites (tertiary alicyclic amines) is 1. The van der Waals surface area contributed by atoms with Crippen molar-refractivity contribution in [1.29, 1.82) is 0 Å². The Labute approximate surface area is 198 Å². The van der Waals surface area contributed by atoms with Gasteiger partial charge in [-0.3, -0.25) is 9.59 Å². The molecule has 2 aromatic rings. The molecule has 2 amide bonds. The van der Waals surface area contributed by atoms with Gasteiger partial charge in [-0.2, -0.15) is 0 Å². The van der Waals surface area contributed by atoms with Crippen molar-refractivity contribution in [2.45, 2.75) is 44.7 Å².